The first-order valence-electron chi connectivity index (χ1n) is 7.11. The molecule has 0 aliphatic carbocycles. The minimum Gasteiger partial charge on any atom is -0.470 e. The van der Waals surface area contributed by atoms with E-state index in [9.17, 15) is 4.79 Å². The number of aromatic nitrogens is 3. The normalized spacial score (nSPS) is 20.9. The number of nitrogens with two attached hydrogens (primary N) is 1. The van der Waals surface area contributed by atoms with Crippen LogP contribution in [0.15, 0.2) is 24.4 Å². The van der Waals surface area contributed by atoms with Crippen LogP contribution in [0.5, 0.6) is 5.88 Å². The summed E-state index contributed by atoms with van der Waals surface area (Å²) in [6.07, 6.45) is 1.91. The van der Waals surface area contributed by atoms with Gasteiger partial charge in [0.15, 0.2) is 5.82 Å². The van der Waals surface area contributed by atoms with Crippen LogP contribution in [0.4, 0.5) is 5.82 Å². The minimum absolute atomic E-state index is 0.0880. The van der Waals surface area contributed by atoms with Crippen LogP contribution in [-0.4, -0.2) is 46.4 Å². The zero-order valence-corrected chi connectivity index (χ0v) is 12.9. The van der Waals surface area contributed by atoms with Gasteiger partial charge in [-0.15, -0.1) is 0 Å². The largest absolute Gasteiger partial charge is 0.470 e. The predicted molar refractivity (Wildman–Crippen MR) is 83.4 cm³/mol. The number of carbonyl (C=O) groups is 1. The molecule has 1 fully saturated rings. The Hall–Kier alpha value is -2.32. The van der Waals surface area contributed by atoms with Crippen molar-refractivity contribution in [2.75, 3.05) is 18.9 Å². The Kier molecular flexibility index (Phi) is 4.63. The molecule has 1 aliphatic rings. The van der Waals surface area contributed by atoms with E-state index >= 15 is 0 Å². The summed E-state index contributed by atoms with van der Waals surface area (Å²) in [5, 5.41) is 9.22. The number of amides is 1. The number of carbonyl (C=O) groups excluding carboxylic acids is 1. The highest BCUT2D eigenvalue weighted by atomic mass is 35.5. The second-order valence-electron chi connectivity index (χ2n) is 5.07. The molecule has 2 aromatic heterocycles. The van der Waals surface area contributed by atoms with Crippen LogP contribution in [-0.2, 0) is 4.74 Å². The average molecular weight is 338 g/mol. The molecule has 1 amide bonds. The summed E-state index contributed by atoms with van der Waals surface area (Å²) in [6.45, 7) is 0.895. The summed E-state index contributed by atoms with van der Waals surface area (Å²) in [4.78, 5) is 16.4. The lowest BCUT2D eigenvalue weighted by Crippen LogP contribution is -2.51. The fraction of sp³-hybridized carbons (Fsp3) is 0.357. The van der Waals surface area contributed by atoms with E-state index in [-0.39, 0.29) is 34.6 Å². The van der Waals surface area contributed by atoms with Crippen molar-refractivity contribution in [3.05, 3.63) is 35.1 Å². The number of anilines is 1. The van der Waals surface area contributed by atoms with Crippen LogP contribution in [0, 0.1) is 0 Å². The maximum Gasteiger partial charge on any atom is 0.271 e. The second kappa shape index (κ2) is 6.84. The molecule has 0 radical (unpaired) electrons. The van der Waals surface area contributed by atoms with Crippen LogP contribution in [0.2, 0.25) is 5.02 Å². The molecule has 1 aliphatic heterocycles. The first kappa shape index (κ1) is 15.6. The van der Waals surface area contributed by atoms with Crippen molar-refractivity contribution in [2.45, 2.75) is 18.6 Å². The molecule has 4 N–H and O–H groups in total. The maximum atomic E-state index is 12.3. The lowest BCUT2D eigenvalue weighted by molar-refractivity contribution is -0.0153. The van der Waals surface area contributed by atoms with Gasteiger partial charge in [0, 0.05) is 18.9 Å². The maximum absolute atomic E-state index is 12.3. The number of nitrogens with zero attached hydrogens (tertiary/aromatic N) is 2. The number of rotatable bonds is 4. The first-order chi connectivity index (χ1) is 11.1. The molecule has 0 bridgehead atoms. The quantitative estimate of drug-likeness (QED) is 0.766. The van der Waals surface area contributed by atoms with Gasteiger partial charge in [0.25, 0.3) is 5.91 Å². The Morgan fingerprint density at radius 2 is 2.39 bits per heavy atom. The summed E-state index contributed by atoms with van der Waals surface area (Å²) < 4.78 is 11.2. The Morgan fingerprint density at radius 1 is 1.52 bits per heavy atom. The highest BCUT2D eigenvalue weighted by molar-refractivity contribution is 6.35. The predicted octanol–water partition coefficient (Wildman–Crippen LogP) is 1.01. The highest BCUT2D eigenvalue weighted by Crippen LogP contribution is 2.21. The van der Waals surface area contributed by atoms with Crippen molar-refractivity contribution < 1.29 is 14.3 Å². The van der Waals surface area contributed by atoms with Gasteiger partial charge in [-0.2, -0.15) is 5.10 Å². The minimum atomic E-state index is -0.388. The molecule has 0 saturated carbocycles. The lowest BCUT2D eigenvalue weighted by Gasteiger charge is -2.31. The SMILES string of the molecule is Nc1n[nH]c(C(=O)N[C@H]2CCOC[C@@H]2Oc2ccccn2)c1Cl. The molecule has 1 saturated heterocycles. The van der Waals surface area contributed by atoms with Crippen LogP contribution >= 0.6 is 11.6 Å². The van der Waals surface area contributed by atoms with E-state index in [4.69, 9.17) is 26.8 Å². The molecule has 23 heavy (non-hydrogen) atoms. The van der Waals surface area contributed by atoms with Gasteiger partial charge in [0.05, 0.1) is 12.6 Å². The third kappa shape index (κ3) is 3.54. The van der Waals surface area contributed by atoms with Gasteiger partial charge in [-0.3, -0.25) is 9.89 Å². The fourth-order valence-electron chi connectivity index (χ4n) is 2.30. The first-order valence-corrected chi connectivity index (χ1v) is 7.48. The van der Waals surface area contributed by atoms with E-state index in [1.807, 2.05) is 6.07 Å². The Bertz CT molecular complexity index is 678. The summed E-state index contributed by atoms with van der Waals surface area (Å²) in [7, 11) is 0. The third-order valence-corrected chi connectivity index (χ3v) is 3.87. The zero-order chi connectivity index (χ0) is 16.2. The third-order valence-electron chi connectivity index (χ3n) is 3.49. The molecular weight excluding hydrogens is 322 g/mol. The van der Waals surface area contributed by atoms with Gasteiger partial charge in [-0.25, -0.2) is 4.98 Å². The van der Waals surface area contributed by atoms with Crippen molar-refractivity contribution in [3.63, 3.8) is 0 Å². The monoisotopic (exact) mass is 337 g/mol. The van der Waals surface area contributed by atoms with Gasteiger partial charge in [0.2, 0.25) is 5.88 Å². The topological polar surface area (TPSA) is 115 Å². The molecule has 122 valence electrons. The Morgan fingerprint density at radius 3 is 3.09 bits per heavy atom. The number of hydrogen-bond donors (Lipinski definition) is 3. The van der Waals surface area contributed by atoms with E-state index in [1.54, 1.807) is 18.3 Å². The molecular formula is C14H16ClN5O3. The molecule has 0 aromatic carbocycles. The van der Waals surface area contributed by atoms with Crippen molar-refractivity contribution >= 4 is 23.3 Å². The van der Waals surface area contributed by atoms with Gasteiger partial charge >= 0.3 is 0 Å². The number of hydrogen-bond acceptors (Lipinski definition) is 6. The number of halogens is 1. The molecule has 3 rings (SSSR count). The Balaban J connectivity index is 1.69. The average Bonchev–Trinajstić information content (AvgIpc) is 2.90. The number of H-pyrrole nitrogens is 1. The number of ether oxygens (including phenoxy) is 2. The van der Waals surface area contributed by atoms with E-state index in [1.165, 1.54) is 0 Å². The van der Waals surface area contributed by atoms with Gasteiger partial charge in [-0.05, 0) is 12.5 Å². The molecule has 8 nitrogen and oxygen atoms in total. The fourth-order valence-corrected chi connectivity index (χ4v) is 2.47. The number of pyridine rings is 1. The van der Waals surface area contributed by atoms with Gasteiger partial charge < -0.3 is 20.5 Å². The molecule has 2 atom stereocenters. The molecule has 9 heteroatoms. The highest BCUT2D eigenvalue weighted by Gasteiger charge is 2.30. The number of nitrogen functional groups attached to an aromatic ring is 1. The summed E-state index contributed by atoms with van der Waals surface area (Å²) in [6, 6.07) is 5.14. The van der Waals surface area contributed by atoms with Crippen LogP contribution in [0.1, 0.15) is 16.9 Å². The molecule has 0 spiro atoms. The van der Waals surface area contributed by atoms with Crippen LogP contribution in [0.25, 0.3) is 0 Å². The van der Waals surface area contributed by atoms with E-state index in [0.717, 1.165) is 0 Å². The zero-order valence-electron chi connectivity index (χ0n) is 12.2. The number of nitrogens with one attached hydrogen (secondary N) is 2. The summed E-state index contributed by atoms with van der Waals surface area (Å²) in [5.74, 6) is 0.178. The molecule has 3 heterocycles. The number of aromatic amines is 1. The lowest BCUT2D eigenvalue weighted by atomic mass is 10.1. The standard InChI is InChI=1S/C14H16ClN5O3/c15-11-12(19-20-13(11)16)14(21)18-8-4-6-22-7-9(8)23-10-3-1-2-5-17-10/h1-3,5,8-9H,4,6-7H2,(H,18,21)(H3,16,19,20)/t8-,9-/m0/s1. The Labute approximate surface area is 137 Å². The summed E-state index contributed by atoms with van der Waals surface area (Å²) in [5.41, 5.74) is 5.67. The van der Waals surface area contributed by atoms with Crippen molar-refractivity contribution in [3.8, 4) is 5.88 Å². The van der Waals surface area contributed by atoms with E-state index < -0.39 is 0 Å². The second-order valence-corrected chi connectivity index (χ2v) is 5.44. The summed E-state index contributed by atoms with van der Waals surface area (Å²) >= 11 is 5.94. The van der Waals surface area contributed by atoms with Gasteiger partial charge in [-0.1, -0.05) is 17.7 Å². The van der Waals surface area contributed by atoms with Crippen LogP contribution in [0.3, 0.4) is 0 Å². The van der Waals surface area contributed by atoms with Crippen molar-refractivity contribution in [2.24, 2.45) is 0 Å². The van der Waals surface area contributed by atoms with Crippen molar-refractivity contribution in [1.29, 1.82) is 0 Å². The molecule has 0 unspecified atom stereocenters. The smallest absolute Gasteiger partial charge is 0.271 e. The van der Waals surface area contributed by atoms with E-state index in [0.29, 0.717) is 25.5 Å². The van der Waals surface area contributed by atoms with E-state index in [2.05, 4.69) is 20.5 Å². The van der Waals surface area contributed by atoms with Crippen molar-refractivity contribution in [1.82, 2.24) is 20.5 Å². The van der Waals surface area contributed by atoms with Crippen LogP contribution < -0.4 is 15.8 Å². The van der Waals surface area contributed by atoms with Gasteiger partial charge in [0.1, 0.15) is 16.8 Å². The molecule has 2 aromatic rings.